The van der Waals surface area contributed by atoms with Crippen LogP contribution in [0, 0.1) is 0 Å². The molecule has 2 aliphatic rings. The number of aromatic nitrogens is 6. The zero-order chi connectivity index (χ0) is 27.4. The second kappa shape index (κ2) is 11.8. The summed E-state index contributed by atoms with van der Waals surface area (Å²) in [6.45, 7) is 4.02. The number of fused-ring (bicyclic) bond motifs is 1. The number of nitrogens with zero attached hydrogens (tertiary/aromatic N) is 7. The number of aliphatic hydroxyl groups excluding tert-OH is 1. The highest BCUT2D eigenvalue weighted by Crippen LogP contribution is 2.25. The van der Waals surface area contributed by atoms with Gasteiger partial charge in [-0.05, 0) is 25.8 Å². The Morgan fingerprint density at radius 3 is 2.77 bits per heavy atom. The van der Waals surface area contributed by atoms with Crippen LogP contribution in [-0.2, 0) is 18.9 Å². The van der Waals surface area contributed by atoms with E-state index in [2.05, 4.69) is 46.3 Å². The molecule has 1 amide bonds. The van der Waals surface area contributed by atoms with Gasteiger partial charge in [0.15, 0.2) is 11.5 Å². The van der Waals surface area contributed by atoms with E-state index in [0.29, 0.717) is 42.1 Å². The Morgan fingerprint density at radius 1 is 1.21 bits per heavy atom. The summed E-state index contributed by atoms with van der Waals surface area (Å²) in [4.78, 5) is 24.3. The van der Waals surface area contributed by atoms with E-state index in [1.807, 2.05) is 33.3 Å². The van der Waals surface area contributed by atoms with Crippen molar-refractivity contribution < 1.29 is 9.90 Å². The number of anilines is 3. The highest BCUT2D eigenvalue weighted by molar-refractivity contribution is 5.97. The van der Waals surface area contributed by atoms with Gasteiger partial charge in [-0.1, -0.05) is 12.8 Å². The Hall–Kier alpha value is -3.97. The lowest BCUT2D eigenvalue weighted by molar-refractivity contribution is -0.117. The molecule has 13 heteroatoms. The van der Waals surface area contributed by atoms with Gasteiger partial charge in [0.25, 0.3) is 5.91 Å². The number of hydrogen-bond acceptors (Lipinski definition) is 10. The molecule has 3 aromatic rings. The summed E-state index contributed by atoms with van der Waals surface area (Å²) in [5, 5.41) is 31.8. The topological polar surface area (TPSA) is 150 Å². The Morgan fingerprint density at radius 2 is 2.03 bits per heavy atom. The van der Waals surface area contributed by atoms with Crippen molar-refractivity contribution in [3.8, 4) is 0 Å². The molecule has 1 fully saturated rings. The zero-order valence-electron chi connectivity index (χ0n) is 22.7. The molecular weight excluding hydrogens is 498 g/mol. The molecule has 1 aliphatic heterocycles. The molecule has 39 heavy (non-hydrogen) atoms. The van der Waals surface area contributed by atoms with E-state index < -0.39 is 0 Å². The van der Waals surface area contributed by atoms with Gasteiger partial charge in [0, 0.05) is 64.1 Å². The molecular formula is C26H37N11O2. The number of aryl methyl sites for hydroxylation is 2. The molecule has 1 unspecified atom stereocenters. The number of rotatable bonds is 11. The fourth-order valence-electron chi connectivity index (χ4n) is 5.15. The summed E-state index contributed by atoms with van der Waals surface area (Å²) in [5.41, 5.74) is 2.80. The van der Waals surface area contributed by atoms with E-state index in [4.69, 9.17) is 0 Å². The minimum atomic E-state index is -0.149. The molecule has 0 bridgehead atoms. The van der Waals surface area contributed by atoms with E-state index in [1.165, 1.54) is 12.8 Å². The number of carbonyl (C=O) groups excluding carboxylic acids is 1. The predicted octanol–water partition coefficient (Wildman–Crippen LogP) is 1.36. The number of dihydropyridines is 1. The Labute approximate surface area is 227 Å². The van der Waals surface area contributed by atoms with E-state index in [0.717, 1.165) is 36.2 Å². The van der Waals surface area contributed by atoms with Crippen molar-refractivity contribution in [2.24, 2.45) is 14.1 Å². The molecule has 5 rings (SSSR count). The number of amides is 1. The van der Waals surface area contributed by atoms with Crippen LogP contribution in [0.5, 0.6) is 0 Å². The lowest BCUT2D eigenvalue weighted by Gasteiger charge is -2.28. The minimum absolute atomic E-state index is 0.0477. The van der Waals surface area contributed by atoms with Gasteiger partial charge in [0.1, 0.15) is 0 Å². The lowest BCUT2D eigenvalue weighted by Crippen LogP contribution is -2.42. The number of aliphatic hydroxyl groups is 1. The maximum Gasteiger partial charge on any atom is 0.252 e. The smallest absolute Gasteiger partial charge is 0.252 e. The summed E-state index contributed by atoms with van der Waals surface area (Å²) in [5.74, 6) is 0.909. The maximum atomic E-state index is 13.0. The molecule has 1 saturated carbocycles. The Balaban J connectivity index is 1.24. The lowest BCUT2D eigenvalue weighted by atomic mass is 10.1. The third-order valence-electron chi connectivity index (χ3n) is 7.25. The number of hydrogen-bond donors (Lipinski definition) is 5. The first-order valence-corrected chi connectivity index (χ1v) is 13.4. The van der Waals surface area contributed by atoms with Gasteiger partial charge >= 0.3 is 0 Å². The fourth-order valence-corrected chi connectivity index (χ4v) is 5.15. The molecule has 1 atom stereocenters. The van der Waals surface area contributed by atoms with Crippen LogP contribution in [0.4, 0.5) is 17.5 Å². The van der Waals surface area contributed by atoms with Crippen LogP contribution in [0.25, 0.3) is 11.0 Å². The third-order valence-corrected chi connectivity index (χ3v) is 7.25. The quantitative estimate of drug-likeness (QED) is 0.244. The first-order chi connectivity index (χ1) is 18.9. The maximum absolute atomic E-state index is 13.0. The zero-order valence-corrected chi connectivity index (χ0v) is 22.7. The predicted molar refractivity (Wildman–Crippen MR) is 149 cm³/mol. The molecule has 0 spiro atoms. The van der Waals surface area contributed by atoms with Gasteiger partial charge in [-0.25, -0.2) is 9.67 Å². The van der Waals surface area contributed by atoms with Gasteiger partial charge in [-0.2, -0.15) is 15.2 Å². The minimum Gasteiger partial charge on any atom is -0.395 e. The molecule has 1 aliphatic carbocycles. The van der Waals surface area contributed by atoms with Crippen LogP contribution in [0.1, 0.15) is 32.6 Å². The normalized spacial score (nSPS) is 17.7. The van der Waals surface area contributed by atoms with Crippen molar-refractivity contribution in [3.05, 3.63) is 42.1 Å². The molecule has 3 aromatic heterocycles. The van der Waals surface area contributed by atoms with Gasteiger partial charge in [0.05, 0.1) is 35.5 Å². The highest BCUT2D eigenvalue weighted by atomic mass is 16.3. The Bertz CT molecular complexity index is 1370. The first-order valence-electron chi connectivity index (χ1n) is 13.4. The van der Waals surface area contributed by atoms with Gasteiger partial charge in [0.2, 0.25) is 5.95 Å². The summed E-state index contributed by atoms with van der Waals surface area (Å²) < 4.78 is 3.40. The van der Waals surface area contributed by atoms with Crippen molar-refractivity contribution in [3.63, 3.8) is 0 Å². The second-order valence-electron chi connectivity index (χ2n) is 10.1. The second-order valence-corrected chi connectivity index (χ2v) is 10.1. The van der Waals surface area contributed by atoms with Crippen LogP contribution in [0.15, 0.2) is 42.1 Å². The van der Waals surface area contributed by atoms with Crippen molar-refractivity contribution in [1.82, 2.24) is 45.1 Å². The largest absolute Gasteiger partial charge is 0.395 e. The summed E-state index contributed by atoms with van der Waals surface area (Å²) >= 11 is 0. The molecule has 5 N–H and O–H groups in total. The third kappa shape index (κ3) is 6.20. The van der Waals surface area contributed by atoms with Crippen LogP contribution >= 0.6 is 0 Å². The average Bonchev–Trinajstić information content (AvgIpc) is 3.66. The van der Waals surface area contributed by atoms with E-state index in [-0.39, 0.29) is 18.6 Å². The molecule has 0 saturated heterocycles. The van der Waals surface area contributed by atoms with E-state index >= 15 is 0 Å². The van der Waals surface area contributed by atoms with E-state index in [9.17, 15) is 9.90 Å². The summed E-state index contributed by atoms with van der Waals surface area (Å²) in [6.07, 6.45) is 13.6. The van der Waals surface area contributed by atoms with Gasteiger partial charge in [-0.3, -0.25) is 14.4 Å². The van der Waals surface area contributed by atoms with Crippen molar-refractivity contribution in [2.45, 2.75) is 44.7 Å². The standard InChI is InChI=1S/C26H37N11O2/c1-17-22(12-18(13-28-17)25(39)27-8-9-37(10-11-38)20-6-4-5-7-20)32-23-21-15-29-26(33-24(21)36(3)34-23)31-19-14-30-35(2)16-19/h12-17,20,28,38H,4-11H2,1-3H3,(H,27,39)(H,32,34)(H,29,31,33). The monoisotopic (exact) mass is 535 g/mol. The molecule has 13 nitrogen and oxygen atoms in total. The highest BCUT2D eigenvalue weighted by Gasteiger charge is 2.23. The fraction of sp³-hybridized carbons (Fsp3) is 0.500. The van der Waals surface area contributed by atoms with Gasteiger partial charge < -0.3 is 26.4 Å². The van der Waals surface area contributed by atoms with Crippen LogP contribution in [0.2, 0.25) is 0 Å². The van der Waals surface area contributed by atoms with Crippen LogP contribution in [0.3, 0.4) is 0 Å². The van der Waals surface area contributed by atoms with Crippen molar-refractivity contribution in [1.29, 1.82) is 0 Å². The van der Waals surface area contributed by atoms with E-state index in [1.54, 1.807) is 28.0 Å². The number of carbonyl (C=O) groups is 1. The average molecular weight is 536 g/mol. The van der Waals surface area contributed by atoms with Crippen molar-refractivity contribution in [2.75, 3.05) is 36.9 Å². The summed E-state index contributed by atoms with van der Waals surface area (Å²) in [6, 6.07) is 0.453. The molecule has 4 heterocycles. The van der Waals surface area contributed by atoms with Gasteiger partial charge in [-0.15, -0.1) is 0 Å². The summed E-state index contributed by atoms with van der Waals surface area (Å²) in [7, 11) is 3.67. The molecule has 0 radical (unpaired) electrons. The van der Waals surface area contributed by atoms with Crippen LogP contribution in [-0.4, -0.2) is 83.8 Å². The van der Waals surface area contributed by atoms with Crippen molar-refractivity contribution >= 4 is 34.4 Å². The molecule has 0 aromatic carbocycles. The SMILES string of the molecule is CC1NC=C(C(=O)NCCN(CCO)C2CCCC2)C=C1Nc1nn(C)c2nc(Nc3cnn(C)c3)ncc12. The molecule has 208 valence electrons. The number of nitrogens with one attached hydrogen (secondary N) is 4. The Kier molecular flexibility index (Phi) is 8.07. The van der Waals surface area contributed by atoms with Crippen LogP contribution < -0.4 is 21.3 Å². The first kappa shape index (κ1) is 26.6.